The molecule has 0 saturated carbocycles. The first-order valence-electron chi connectivity index (χ1n) is 9.79. The van der Waals surface area contributed by atoms with E-state index >= 15 is 0 Å². The molecule has 1 aliphatic heterocycles. The van der Waals surface area contributed by atoms with E-state index in [1.807, 2.05) is 0 Å². The second kappa shape index (κ2) is 13.6. The monoisotopic (exact) mass is 360 g/mol. The van der Waals surface area contributed by atoms with Crippen LogP contribution in [-0.2, 0) is 23.7 Å². The second-order valence-electron chi connectivity index (χ2n) is 6.58. The van der Waals surface area contributed by atoms with Crippen LogP contribution in [0.5, 0.6) is 0 Å². The zero-order valence-corrected chi connectivity index (χ0v) is 16.0. The Hall–Kier alpha value is -0.530. The SMILES string of the molecule is CCCCOCC1O[C@@H](O)[C@@H](OCCCC)C(C=O)[C@H]1OCCCC. The molecule has 1 rings (SSSR count). The van der Waals surface area contributed by atoms with E-state index in [0.29, 0.717) is 26.4 Å². The molecule has 0 aromatic carbocycles. The number of aliphatic hydroxyl groups is 1. The molecule has 0 aromatic rings. The second-order valence-corrected chi connectivity index (χ2v) is 6.58. The molecule has 2 unspecified atom stereocenters. The normalized spacial score (nSPS) is 29.7. The van der Waals surface area contributed by atoms with Gasteiger partial charge in [-0.25, -0.2) is 0 Å². The van der Waals surface area contributed by atoms with Crippen molar-refractivity contribution in [3.8, 4) is 0 Å². The first kappa shape index (κ1) is 22.5. The summed E-state index contributed by atoms with van der Waals surface area (Å²) in [5.41, 5.74) is 0. The fraction of sp³-hybridized carbons (Fsp3) is 0.947. The molecule has 5 atom stereocenters. The average molecular weight is 360 g/mol. The van der Waals surface area contributed by atoms with Gasteiger partial charge >= 0.3 is 0 Å². The quantitative estimate of drug-likeness (QED) is 0.379. The lowest BCUT2D eigenvalue weighted by molar-refractivity contribution is -0.286. The molecule has 25 heavy (non-hydrogen) atoms. The van der Waals surface area contributed by atoms with Gasteiger partial charge in [0.25, 0.3) is 0 Å². The number of carbonyl (C=O) groups is 1. The molecular weight excluding hydrogens is 324 g/mol. The summed E-state index contributed by atoms with van der Waals surface area (Å²) >= 11 is 0. The van der Waals surface area contributed by atoms with E-state index in [4.69, 9.17) is 18.9 Å². The fourth-order valence-corrected chi connectivity index (χ4v) is 2.83. The Morgan fingerprint density at radius 1 is 0.920 bits per heavy atom. The first-order valence-corrected chi connectivity index (χ1v) is 9.79. The zero-order chi connectivity index (χ0) is 18.5. The van der Waals surface area contributed by atoms with Crippen LogP contribution in [0.4, 0.5) is 0 Å². The number of aliphatic hydroxyl groups excluding tert-OH is 1. The lowest BCUT2D eigenvalue weighted by Crippen LogP contribution is -2.58. The summed E-state index contributed by atoms with van der Waals surface area (Å²) in [4.78, 5) is 11.7. The number of aldehydes is 1. The minimum atomic E-state index is -1.14. The van der Waals surface area contributed by atoms with Crippen LogP contribution >= 0.6 is 0 Å². The number of rotatable bonds is 14. The molecule has 0 aromatic heterocycles. The van der Waals surface area contributed by atoms with Gasteiger partial charge in [-0.2, -0.15) is 0 Å². The van der Waals surface area contributed by atoms with E-state index in [0.717, 1.165) is 44.8 Å². The summed E-state index contributed by atoms with van der Waals surface area (Å²) in [5, 5.41) is 10.3. The van der Waals surface area contributed by atoms with E-state index in [1.54, 1.807) is 0 Å². The number of ether oxygens (including phenoxy) is 4. The summed E-state index contributed by atoms with van der Waals surface area (Å²) in [5.74, 6) is -0.558. The zero-order valence-electron chi connectivity index (χ0n) is 16.0. The Morgan fingerprint density at radius 3 is 2.04 bits per heavy atom. The van der Waals surface area contributed by atoms with Crippen LogP contribution in [0.3, 0.4) is 0 Å². The third-order valence-electron chi connectivity index (χ3n) is 4.42. The number of hydrogen-bond acceptors (Lipinski definition) is 6. The predicted octanol–water partition coefficient (Wildman–Crippen LogP) is 2.71. The number of unbranched alkanes of at least 4 members (excludes halogenated alkanes) is 3. The van der Waals surface area contributed by atoms with Crippen LogP contribution in [0.15, 0.2) is 0 Å². The highest BCUT2D eigenvalue weighted by molar-refractivity contribution is 5.56. The largest absolute Gasteiger partial charge is 0.379 e. The summed E-state index contributed by atoms with van der Waals surface area (Å²) in [6.07, 6.45) is 3.87. The molecule has 1 saturated heterocycles. The Labute approximate surface area is 152 Å². The van der Waals surface area contributed by atoms with Crippen molar-refractivity contribution in [1.29, 1.82) is 0 Å². The maximum absolute atomic E-state index is 11.7. The van der Waals surface area contributed by atoms with Gasteiger partial charge in [0, 0.05) is 19.8 Å². The van der Waals surface area contributed by atoms with Crippen LogP contribution in [-0.4, -0.2) is 62.4 Å². The van der Waals surface area contributed by atoms with E-state index in [1.165, 1.54) is 0 Å². The van der Waals surface area contributed by atoms with Gasteiger partial charge in [0.1, 0.15) is 18.5 Å². The molecule has 1 aliphatic rings. The molecule has 0 amide bonds. The van der Waals surface area contributed by atoms with E-state index in [9.17, 15) is 9.90 Å². The van der Waals surface area contributed by atoms with Crippen LogP contribution in [0.1, 0.15) is 59.3 Å². The van der Waals surface area contributed by atoms with E-state index in [-0.39, 0.29) is 0 Å². The van der Waals surface area contributed by atoms with Crippen LogP contribution in [0, 0.1) is 5.92 Å². The Morgan fingerprint density at radius 2 is 1.48 bits per heavy atom. The molecule has 0 aliphatic carbocycles. The van der Waals surface area contributed by atoms with Crippen molar-refractivity contribution in [3.05, 3.63) is 0 Å². The minimum Gasteiger partial charge on any atom is -0.379 e. The fourth-order valence-electron chi connectivity index (χ4n) is 2.83. The Kier molecular flexibility index (Phi) is 12.3. The van der Waals surface area contributed by atoms with Gasteiger partial charge < -0.3 is 28.8 Å². The van der Waals surface area contributed by atoms with Gasteiger partial charge in [-0.3, -0.25) is 0 Å². The number of hydrogen-bond donors (Lipinski definition) is 1. The van der Waals surface area contributed by atoms with Crippen molar-refractivity contribution >= 4 is 6.29 Å². The van der Waals surface area contributed by atoms with E-state index < -0.39 is 30.5 Å². The summed E-state index contributed by atoms with van der Waals surface area (Å²) < 4.78 is 23.1. The Balaban J connectivity index is 2.73. The predicted molar refractivity (Wildman–Crippen MR) is 95.5 cm³/mol. The van der Waals surface area contributed by atoms with Crippen molar-refractivity contribution in [2.24, 2.45) is 5.92 Å². The smallest absolute Gasteiger partial charge is 0.182 e. The average Bonchev–Trinajstić information content (AvgIpc) is 2.61. The van der Waals surface area contributed by atoms with Gasteiger partial charge in [-0.15, -0.1) is 0 Å². The lowest BCUT2D eigenvalue weighted by Gasteiger charge is -2.42. The third-order valence-corrected chi connectivity index (χ3v) is 4.42. The summed E-state index contributed by atoms with van der Waals surface area (Å²) in [6, 6.07) is 0. The molecule has 1 heterocycles. The van der Waals surface area contributed by atoms with Crippen molar-refractivity contribution in [2.75, 3.05) is 26.4 Å². The summed E-state index contributed by atoms with van der Waals surface area (Å²) in [6.45, 7) is 8.24. The van der Waals surface area contributed by atoms with Crippen molar-refractivity contribution in [1.82, 2.24) is 0 Å². The van der Waals surface area contributed by atoms with Gasteiger partial charge in [-0.1, -0.05) is 40.0 Å². The molecule has 1 N–H and O–H groups in total. The standard InChI is InChI=1S/C19H36O6/c1-4-7-10-22-14-16-17(23-11-8-5-2)15(13-20)18(19(21)25-16)24-12-9-6-3/h13,15-19,21H,4-12,14H2,1-3H3/t15?,16?,17-,18+,19-/m1/s1. The highest BCUT2D eigenvalue weighted by atomic mass is 16.7. The summed E-state index contributed by atoms with van der Waals surface area (Å²) in [7, 11) is 0. The van der Waals surface area contributed by atoms with Crippen molar-refractivity contribution in [3.63, 3.8) is 0 Å². The molecule has 0 radical (unpaired) electrons. The first-order chi connectivity index (χ1) is 12.2. The van der Waals surface area contributed by atoms with Crippen LogP contribution in [0.2, 0.25) is 0 Å². The highest BCUT2D eigenvalue weighted by Gasteiger charge is 2.46. The minimum absolute atomic E-state index is 0.305. The maximum atomic E-state index is 11.7. The van der Waals surface area contributed by atoms with Gasteiger partial charge in [0.15, 0.2) is 6.29 Å². The molecule has 0 bridgehead atoms. The molecule has 148 valence electrons. The van der Waals surface area contributed by atoms with Crippen LogP contribution in [0.25, 0.3) is 0 Å². The molecule has 1 fully saturated rings. The molecule has 6 heteroatoms. The van der Waals surface area contributed by atoms with Gasteiger partial charge in [0.2, 0.25) is 0 Å². The third kappa shape index (κ3) is 7.71. The highest BCUT2D eigenvalue weighted by Crippen LogP contribution is 2.29. The van der Waals surface area contributed by atoms with E-state index in [2.05, 4.69) is 20.8 Å². The van der Waals surface area contributed by atoms with Crippen molar-refractivity contribution < 1.29 is 28.8 Å². The molecule has 0 spiro atoms. The Bertz CT molecular complexity index is 338. The van der Waals surface area contributed by atoms with Gasteiger partial charge in [0.05, 0.1) is 18.6 Å². The maximum Gasteiger partial charge on any atom is 0.182 e. The van der Waals surface area contributed by atoms with Crippen LogP contribution < -0.4 is 0 Å². The van der Waals surface area contributed by atoms with Gasteiger partial charge in [-0.05, 0) is 19.3 Å². The van der Waals surface area contributed by atoms with Crippen molar-refractivity contribution in [2.45, 2.75) is 83.9 Å². The number of carbonyl (C=O) groups excluding carboxylic acids is 1. The topological polar surface area (TPSA) is 74.2 Å². The molecule has 6 nitrogen and oxygen atoms in total. The lowest BCUT2D eigenvalue weighted by atomic mass is 9.90. The molecular formula is C19H36O6.